The molecular formula is C18H22FN3O3. The minimum Gasteiger partial charge on any atom is -0.481 e. The number of hydrogen-bond acceptors (Lipinski definition) is 3. The maximum Gasteiger partial charge on any atom is 0.303 e. The lowest BCUT2D eigenvalue weighted by Gasteiger charge is -2.18. The molecule has 0 aliphatic heterocycles. The van der Waals surface area contributed by atoms with Crippen LogP contribution in [0.1, 0.15) is 48.7 Å². The molecule has 0 saturated carbocycles. The second-order valence-corrected chi connectivity index (χ2v) is 6.21. The van der Waals surface area contributed by atoms with Crippen LogP contribution in [0.4, 0.5) is 4.39 Å². The molecule has 0 saturated heterocycles. The third kappa shape index (κ3) is 4.43. The number of nitrogens with zero attached hydrogens (tertiary/aromatic N) is 3. The average Bonchev–Trinajstić information content (AvgIpc) is 2.99. The average molecular weight is 347 g/mol. The highest BCUT2D eigenvalue weighted by Crippen LogP contribution is 2.24. The van der Waals surface area contributed by atoms with E-state index in [1.807, 2.05) is 13.8 Å². The van der Waals surface area contributed by atoms with E-state index in [1.165, 1.54) is 23.2 Å². The molecule has 0 bridgehead atoms. The third-order valence-corrected chi connectivity index (χ3v) is 3.89. The zero-order valence-electron chi connectivity index (χ0n) is 14.6. The molecule has 25 heavy (non-hydrogen) atoms. The van der Waals surface area contributed by atoms with Crippen molar-refractivity contribution in [2.75, 3.05) is 13.6 Å². The number of aromatic nitrogens is 2. The van der Waals surface area contributed by atoms with Crippen LogP contribution in [-0.2, 0) is 4.79 Å². The van der Waals surface area contributed by atoms with Crippen molar-refractivity contribution in [1.82, 2.24) is 14.7 Å². The summed E-state index contributed by atoms with van der Waals surface area (Å²) in [7, 11) is 1.64. The Labute approximate surface area is 145 Å². The molecule has 0 fully saturated rings. The molecule has 1 amide bonds. The molecular weight excluding hydrogens is 325 g/mol. The van der Waals surface area contributed by atoms with Gasteiger partial charge in [0.2, 0.25) is 0 Å². The quantitative estimate of drug-likeness (QED) is 0.835. The fourth-order valence-electron chi connectivity index (χ4n) is 2.64. The van der Waals surface area contributed by atoms with Gasteiger partial charge in [-0.2, -0.15) is 5.10 Å². The lowest BCUT2D eigenvalue weighted by molar-refractivity contribution is -0.137. The fraction of sp³-hybridized carbons (Fsp3) is 0.389. The standard InChI is InChI=1S/C18H22FN3O3/c1-12(2)17-15(18(25)21(3)10-4-5-16(23)24)11-20-22(17)14-8-6-13(19)7-9-14/h6-9,11-12H,4-5,10H2,1-3H3,(H,23,24). The van der Waals surface area contributed by atoms with Gasteiger partial charge < -0.3 is 10.0 Å². The number of amides is 1. The van der Waals surface area contributed by atoms with Crippen molar-refractivity contribution in [2.24, 2.45) is 0 Å². The largest absolute Gasteiger partial charge is 0.481 e. The van der Waals surface area contributed by atoms with E-state index in [1.54, 1.807) is 23.9 Å². The lowest BCUT2D eigenvalue weighted by Crippen LogP contribution is -2.29. The van der Waals surface area contributed by atoms with Crippen LogP contribution in [0, 0.1) is 5.82 Å². The van der Waals surface area contributed by atoms with Crippen LogP contribution in [0.3, 0.4) is 0 Å². The maximum absolute atomic E-state index is 13.1. The maximum atomic E-state index is 13.1. The Balaban J connectivity index is 2.27. The summed E-state index contributed by atoms with van der Waals surface area (Å²) in [4.78, 5) is 24.8. The van der Waals surface area contributed by atoms with Crippen LogP contribution in [0.5, 0.6) is 0 Å². The zero-order chi connectivity index (χ0) is 18.6. The predicted octanol–water partition coefficient (Wildman–Crippen LogP) is 3.07. The SMILES string of the molecule is CC(C)c1c(C(=O)N(C)CCCC(=O)O)cnn1-c1ccc(F)cc1. The molecule has 0 unspecified atom stereocenters. The minimum absolute atomic E-state index is 0.0174. The molecule has 1 N–H and O–H groups in total. The molecule has 7 heteroatoms. The second kappa shape index (κ2) is 7.92. The Bertz CT molecular complexity index is 753. The topological polar surface area (TPSA) is 75.4 Å². The molecule has 1 aromatic heterocycles. The van der Waals surface area contributed by atoms with Crippen LogP contribution in [0.2, 0.25) is 0 Å². The zero-order valence-corrected chi connectivity index (χ0v) is 14.6. The van der Waals surface area contributed by atoms with Gasteiger partial charge in [0.25, 0.3) is 5.91 Å². The monoisotopic (exact) mass is 347 g/mol. The highest BCUT2D eigenvalue weighted by atomic mass is 19.1. The van der Waals surface area contributed by atoms with E-state index in [4.69, 9.17) is 5.11 Å². The molecule has 1 heterocycles. The van der Waals surface area contributed by atoms with Crippen molar-refractivity contribution < 1.29 is 19.1 Å². The smallest absolute Gasteiger partial charge is 0.303 e. The number of carboxylic acids is 1. The van der Waals surface area contributed by atoms with Crippen molar-refractivity contribution >= 4 is 11.9 Å². The van der Waals surface area contributed by atoms with Gasteiger partial charge in [0.05, 0.1) is 23.1 Å². The van der Waals surface area contributed by atoms with Gasteiger partial charge in [0, 0.05) is 20.0 Å². The van der Waals surface area contributed by atoms with Gasteiger partial charge >= 0.3 is 5.97 Å². The summed E-state index contributed by atoms with van der Waals surface area (Å²) in [6, 6.07) is 5.92. The summed E-state index contributed by atoms with van der Waals surface area (Å²) in [5, 5.41) is 13.0. The highest BCUT2D eigenvalue weighted by molar-refractivity contribution is 5.95. The molecule has 2 rings (SSSR count). The molecule has 6 nitrogen and oxygen atoms in total. The van der Waals surface area contributed by atoms with Crippen molar-refractivity contribution in [3.8, 4) is 5.69 Å². The number of carbonyl (C=O) groups excluding carboxylic acids is 1. The van der Waals surface area contributed by atoms with Crippen molar-refractivity contribution in [1.29, 1.82) is 0 Å². The lowest BCUT2D eigenvalue weighted by atomic mass is 10.0. The van der Waals surface area contributed by atoms with Crippen LogP contribution in [0.25, 0.3) is 5.69 Å². The number of benzene rings is 1. The number of carboxylic acid groups (broad SMARTS) is 1. The molecule has 0 aliphatic rings. The van der Waals surface area contributed by atoms with E-state index < -0.39 is 5.97 Å². The first-order valence-corrected chi connectivity index (χ1v) is 8.12. The highest BCUT2D eigenvalue weighted by Gasteiger charge is 2.23. The number of aliphatic carboxylic acids is 1. The first-order valence-electron chi connectivity index (χ1n) is 8.12. The Hall–Kier alpha value is -2.70. The van der Waals surface area contributed by atoms with Gasteiger partial charge in [-0.3, -0.25) is 9.59 Å². The van der Waals surface area contributed by atoms with Gasteiger partial charge in [0.1, 0.15) is 5.82 Å². The molecule has 0 aliphatic carbocycles. The fourth-order valence-corrected chi connectivity index (χ4v) is 2.64. The van der Waals surface area contributed by atoms with Gasteiger partial charge in [-0.05, 0) is 36.6 Å². The Morgan fingerprint density at radius 2 is 1.92 bits per heavy atom. The number of rotatable bonds is 7. The molecule has 0 radical (unpaired) electrons. The van der Waals surface area contributed by atoms with E-state index in [9.17, 15) is 14.0 Å². The Morgan fingerprint density at radius 3 is 2.48 bits per heavy atom. The summed E-state index contributed by atoms with van der Waals surface area (Å²) in [5.41, 5.74) is 1.89. The third-order valence-electron chi connectivity index (χ3n) is 3.89. The van der Waals surface area contributed by atoms with Crippen molar-refractivity contribution in [2.45, 2.75) is 32.6 Å². The van der Waals surface area contributed by atoms with Crippen molar-refractivity contribution in [3.63, 3.8) is 0 Å². The summed E-state index contributed by atoms with van der Waals surface area (Å²) in [6.45, 7) is 4.26. The Kier molecular flexibility index (Phi) is 5.90. The van der Waals surface area contributed by atoms with Gasteiger partial charge in [-0.25, -0.2) is 9.07 Å². The molecule has 1 aromatic carbocycles. The first kappa shape index (κ1) is 18.6. The number of halogens is 1. The van der Waals surface area contributed by atoms with E-state index in [0.29, 0.717) is 24.2 Å². The second-order valence-electron chi connectivity index (χ2n) is 6.21. The summed E-state index contributed by atoms with van der Waals surface area (Å²) in [5.74, 6) is -1.40. The summed E-state index contributed by atoms with van der Waals surface area (Å²) < 4.78 is 14.8. The van der Waals surface area contributed by atoms with Gasteiger partial charge in [-0.15, -0.1) is 0 Å². The summed E-state index contributed by atoms with van der Waals surface area (Å²) >= 11 is 0. The van der Waals surface area contributed by atoms with Crippen LogP contribution < -0.4 is 0 Å². The molecule has 134 valence electrons. The summed E-state index contributed by atoms with van der Waals surface area (Å²) in [6.07, 6.45) is 1.92. The van der Waals surface area contributed by atoms with Gasteiger partial charge in [0.15, 0.2) is 0 Å². The van der Waals surface area contributed by atoms with E-state index in [2.05, 4.69) is 5.10 Å². The Morgan fingerprint density at radius 1 is 1.28 bits per heavy atom. The normalized spacial score (nSPS) is 10.9. The van der Waals surface area contributed by atoms with Crippen molar-refractivity contribution in [3.05, 3.63) is 47.5 Å². The van der Waals surface area contributed by atoms with Crippen LogP contribution in [-0.4, -0.2) is 45.3 Å². The van der Waals surface area contributed by atoms with Crippen LogP contribution >= 0.6 is 0 Å². The molecule has 0 atom stereocenters. The van der Waals surface area contributed by atoms with E-state index >= 15 is 0 Å². The number of hydrogen-bond donors (Lipinski definition) is 1. The van der Waals surface area contributed by atoms with E-state index in [-0.39, 0.29) is 24.1 Å². The predicted molar refractivity (Wildman–Crippen MR) is 91.4 cm³/mol. The molecule has 0 spiro atoms. The number of carbonyl (C=O) groups is 2. The van der Waals surface area contributed by atoms with Gasteiger partial charge in [-0.1, -0.05) is 13.8 Å². The minimum atomic E-state index is -0.882. The molecule has 2 aromatic rings. The first-order chi connectivity index (χ1) is 11.8. The van der Waals surface area contributed by atoms with Crippen LogP contribution in [0.15, 0.2) is 30.5 Å². The van der Waals surface area contributed by atoms with E-state index in [0.717, 1.165) is 5.69 Å².